The molecule has 0 saturated carbocycles. The molecule has 0 aromatic rings. The average Bonchev–Trinajstić information content (AvgIpc) is 2.05. The van der Waals surface area contributed by atoms with E-state index >= 15 is 0 Å². The number of ether oxygens (including phenoxy) is 2. The second-order valence-electron chi connectivity index (χ2n) is 2.66. The van der Waals surface area contributed by atoms with Crippen LogP contribution in [-0.4, -0.2) is 34.0 Å². The van der Waals surface area contributed by atoms with Crippen LogP contribution in [0.3, 0.4) is 0 Å². The van der Waals surface area contributed by atoms with Gasteiger partial charge in [0.05, 0.1) is 0 Å². The minimum atomic E-state index is 0.551. The maximum atomic E-state index is 5.54. The Morgan fingerprint density at radius 3 is 1.82 bits per heavy atom. The zero-order valence-electron chi connectivity index (χ0n) is 7.51. The Labute approximate surface area is 68.9 Å². The highest BCUT2D eigenvalue weighted by atomic mass is 16.5. The molecule has 0 aromatic heterocycles. The van der Waals surface area contributed by atoms with Gasteiger partial charge in [0.1, 0.15) is 0 Å². The molecule has 0 radical (unpaired) electrons. The average molecular weight is 161 g/mol. The Kier molecular flexibility index (Phi) is 7.89. The monoisotopic (exact) mass is 161 g/mol. The molecule has 0 atom stereocenters. The number of nitrogens with two attached hydrogens (primary N) is 1. The van der Waals surface area contributed by atoms with Crippen molar-refractivity contribution in [2.45, 2.75) is 12.8 Å². The van der Waals surface area contributed by atoms with Crippen LogP contribution in [0.15, 0.2) is 0 Å². The first-order chi connectivity index (χ1) is 5.35. The predicted molar refractivity (Wildman–Crippen MR) is 45.5 cm³/mol. The maximum Gasteiger partial charge on any atom is 0.0465 e. The number of rotatable bonds is 7. The van der Waals surface area contributed by atoms with Crippen LogP contribution in [0.5, 0.6) is 0 Å². The van der Waals surface area contributed by atoms with Crippen molar-refractivity contribution in [2.75, 3.05) is 34.0 Å². The summed E-state index contributed by atoms with van der Waals surface area (Å²) in [5.41, 5.74) is 5.54. The maximum absolute atomic E-state index is 5.54. The molecule has 0 saturated heterocycles. The molecule has 0 aromatic carbocycles. The Balaban J connectivity index is 3.25. The summed E-state index contributed by atoms with van der Waals surface area (Å²) < 4.78 is 9.92. The largest absolute Gasteiger partial charge is 0.385 e. The normalized spacial score (nSPS) is 10.9. The van der Waals surface area contributed by atoms with E-state index in [4.69, 9.17) is 15.2 Å². The van der Waals surface area contributed by atoms with Gasteiger partial charge in [0.2, 0.25) is 0 Å². The van der Waals surface area contributed by atoms with E-state index in [9.17, 15) is 0 Å². The van der Waals surface area contributed by atoms with Gasteiger partial charge in [0, 0.05) is 27.4 Å². The minimum Gasteiger partial charge on any atom is -0.385 e. The molecule has 2 N–H and O–H groups in total. The summed E-state index contributed by atoms with van der Waals surface area (Å²) in [7, 11) is 3.42. The van der Waals surface area contributed by atoms with Gasteiger partial charge in [0.15, 0.2) is 0 Å². The molecule has 11 heavy (non-hydrogen) atoms. The molecule has 0 fully saturated rings. The molecule has 0 unspecified atom stereocenters. The quantitative estimate of drug-likeness (QED) is 0.595. The highest BCUT2D eigenvalue weighted by molar-refractivity contribution is 4.58. The highest BCUT2D eigenvalue weighted by Gasteiger charge is 2.04. The fourth-order valence-corrected chi connectivity index (χ4v) is 0.949. The standard InChI is InChI=1S/C8H19NO2/c1-10-5-3-8(7-9)4-6-11-2/h8H,3-7,9H2,1-2H3. The summed E-state index contributed by atoms with van der Waals surface area (Å²) in [4.78, 5) is 0. The minimum absolute atomic E-state index is 0.551. The summed E-state index contributed by atoms with van der Waals surface area (Å²) in [6.45, 7) is 2.32. The van der Waals surface area contributed by atoms with Crippen molar-refractivity contribution in [3.8, 4) is 0 Å². The van der Waals surface area contributed by atoms with E-state index in [0.29, 0.717) is 5.92 Å². The van der Waals surface area contributed by atoms with Gasteiger partial charge >= 0.3 is 0 Å². The molecule has 0 aliphatic heterocycles. The third-order valence-corrected chi connectivity index (χ3v) is 1.79. The van der Waals surface area contributed by atoms with Crippen molar-refractivity contribution >= 4 is 0 Å². The van der Waals surface area contributed by atoms with Gasteiger partial charge in [-0.15, -0.1) is 0 Å². The third-order valence-electron chi connectivity index (χ3n) is 1.79. The van der Waals surface area contributed by atoms with Crippen LogP contribution < -0.4 is 5.73 Å². The molecule has 0 bridgehead atoms. The van der Waals surface area contributed by atoms with Crippen molar-refractivity contribution in [1.29, 1.82) is 0 Å². The molecule has 0 rings (SSSR count). The van der Waals surface area contributed by atoms with Gasteiger partial charge < -0.3 is 15.2 Å². The fraction of sp³-hybridized carbons (Fsp3) is 1.00. The molecule has 3 nitrogen and oxygen atoms in total. The topological polar surface area (TPSA) is 44.5 Å². The molecule has 68 valence electrons. The lowest BCUT2D eigenvalue weighted by atomic mass is 10.0. The van der Waals surface area contributed by atoms with Gasteiger partial charge in [-0.05, 0) is 25.3 Å². The van der Waals surface area contributed by atoms with Gasteiger partial charge in [-0.3, -0.25) is 0 Å². The molecule has 3 heteroatoms. The second kappa shape index (κ2) is 7.98. The number of hydrogen-bond acceptors (Lipinski definition) is 3. The van der Waals surface area contributed by atoms with Crippen LogP contribution in [0.25, 0.3) is 0 Å². The zero-order valence-corrected chi connectivity index (χ0v) is 7.51. The fourth-order valence-electron chi connectivity index (χ4n) is 0.949. The van der Waals surface area contributed by atoms with Crippen LogP contribution in [0, 0.1) is 5.92 Å². The zero-order chi connectivity index (χ0) is 8.53. The van der Waals surface area contributed by atoms with Gasteiger partial charge in [-0.25, -0.2) is 0 Å². The Hall–Kier alpha value is -0.120. The second-order valence-corrected chi connectivity index (χ2v) is 2.66. The lowest BCUT2D eigenvalue weighted by Crippen LogP contribution is -2.17. The van der Waals surface area contributed by atoms with Crippen LogP contribution in [-0.2, 0) is 9.47 Å². The van der Waals surface area contributed by atoms with Crippen molar-refractivity contribution in [3.05, 3.63) is 0 Å². The van der Waals surface area contributed by atoms with Gasteiger partial charge in [0.25, 0.3) is 0 Å². The van der Waals surface area contributed by atoms with E-state index in [1.807, 2.05) is 0 Å². The molecule has 0 aliphatic carbocycles. The smallest absolute Gasteiger partial charge is 0.0465 e. The SMILES string of the molecule is COCCC(CN)CCOC. The first-order valence-corrected chi connectivity index (χ1v) is 4.03. The summed E-state index contributed by atoms with van der Waals surface area (Å²) >= 11 is 0. The molecule has 0 aliphatic rings. The van der Waals surface area contributed by atoms with Crippen LogP contribution in [0.2, 0.25) is 0 Å². The van der Waals surface area contributed by atoms with Crippen molar-refractivity contribution in [2.24, 2.45) is 11.7 Å². The van der Waals surface area contributed by atoms with E-state index in [1.54, 1.807) is 14.2 Å². The molecular formula is C8H19NO2. The van der Waals surface area contributed by atoms with E-state index in [0.717, 1.165) is 32.6 Å². The number of methoxy groups -OCH3 is 2. The van der Waals surface area contributed by atoms with Crippen molar-refractivity contribution in [3.63, 3.8) is 0 Å². The Morgan fingerprint density at radius 1 is 1.09 bits per heavy atom. The van der Waals surface area contributed by atoms with E-state index in [1.165, 1.54) is 0 Å². The van der Waals surface area contributed by atoms with E-state index < -0.39 is 0 Å². The van der Waals surface area contributed by atoms with E-state index in [2.05, 4.69) is 0 Å². The van der Waals surface area contributed by atoms with Crippen LogP contribution >= 0.6 is 0 Å². The summed E-state index contributed by atoms with van der Waals surface area (Å²) in [6.07, 6.45) is 2.08. The van der Waals surface area contributed by atoms with Crippen molar-refractivity contribution < 1.29 is 9.47 Å². The first-order valence-electron chi connectivity index (χ1n) is 4.03. The molecule has 0 spiro atoms. The van der Waals surface area contributed by atoms with Gasteiger partial charge in [-0.2, -0.15) is 0 Å². The lowest BCUT2D eigenvalue weighted by Gasteiger charge is -2.12. The first kappa shape index (κ1) is 10.9. The number of hydrogen-bond donors (Lipinski definition) is 1. The summed E-state index contributed by atoms with van der Waals surface area (Å²) in [5.74, 6) is 0.551. The summed E-state index contributed by atoms with van der Waals surface area (Å²) in [5, 5.41) is 0. The van der Waals surface area contributed by atoms with Gasteiger partial charge in [-0.1, -0.05) is 0 Å². The third kappa shape index (κ3) is 6.28. The Morgan fingerprint density at radius 2 is 1.55 bits per heavy atom. The molecule has 0 amide bonds. The predicted octanol–water partition coefficient (Wildman–Crippen LogP) is 0.634. The lowest BCUT2D eigenvalue weighted by molar-refractivity contribution is 0.149. The van der Waals surface area contributed by atoms with E-state index in [-0.39, 0.29) is 0 Å². The molecule has 0 heterocycles. The summed E-state index contributed by atoms with van der Waals surface area (Å²) in [6, 6.07) is 0. The van der Waals surface area contributed by atoms with Crippen LogP contribution in [0.4, 0.5) is 0 Å². The highest BCUT2D eigenvalue weighted by Crippen LogP contribution is 2.06. The Bertz CT molecular complexity index is 70.5. The van der Waals surface area contributed by atoms with Crippen LogP contribution in [0.1, 0.15) is 12.8 Å². The molecular weight excluding hydrogens is 142 g/mol. The van der Waals surface area contributed by atoms with Crippen molar-refractivity contribution in [1.82, 2.24) is 0 Å².